The lowest BCUT2D eigenvalue weighted by Crippen LogP contribution is -2.61. The number of rotatable bonds is 10. The van der Waals surface area contributed by atoms with Gasteiger partial charge in [-0.1, -0.05) is 83.9 Å². The highest BCUT2D eigenvalue weighted by atomic mass is 16.6. The summed E-state index contributed by atoms with van der Waals surface area (Å²) < 4.78 is 36.3. The molecule has 3 fully saturated rings. The number of fused-ring (bicyclic) bond motifs is 3. The molecule has 15 heteroatoms. The molecule has 1 saturated carbocycles. The summed E-state index contributed by atoms with van der Waals surface area (Å²) in [6.07, 6.45) is 12.0. The van der Waals surface area contributed by atoms with Crippen LogP contribution in [-0.2, 0) is 47.6 Å². The van der Waals surface area contributed by atoms with Gasteiger partial charge in [-0.2, -0.15) is 0 Å². The van der Waals surface area contributed by atoms with E-state index < -0.39 is 83.9 Å². The van der Waals surface area contributed by atoms with Crippen molar-refractivity contribution in [1.82, 2.24) is 4.90 Å². The highest BCUT2D eigenvalue weighted by Crippen LogP contribution is 2.38. The van der Waals surface area contributed by atoms with Gasteiger partial charge in [0, 0.05) is 57.8 Å². The van der Waals surface area contributed by atoms with E-state index in [0.717, 1.165) is 12.0 Å². The molecular weight excluding hydrogens is 923 g/mol. The minimum atomic E-state index is -2.46. The summed E-state index contributed by atoms with van der Waals surface area (Å²) in [5, 5.41) is 45.0. The van der Waals surface area contributed by atoms with Gasteiger partial charge in [0.05, 0.1) is 43.7 Å². The topological polar surface area (TPSA) is 208 Å². The number of ketones is 2. The van der Waals surface area contributed by atoms with Crippen LogP contribution < -0.4 is 0 Å². The normalized spacial score (nSPS) is 38.4. The molecule has 0 radical (unpaired) electrons. The lowest BCUT2D eigenvalue weighted by molar-refractivity contribution is -0.265. The van der Waals surface area contributed by atoms with E-state index in [1.165, 1.54) is 12.0 Å². The zero-order chi connectivity index (χ0) is 53.1. The Hall–Kier alpha value is -3.56. The van der Waals surface area contributed by atoms with Gasteiger partial charge in [0.25, 0.3) is 11.7 Å². The van der Waals surface area contributed by atoms with Crippen molar-refractivity contribution in [3.05, 3.63) is 47.6 Å². The van der Waals surface area contributed by atoms with E-state index in [0.29, 0.717) is 63.4 Å². The predicted molar refractivity (Wildman–Crippen MR) is 274 cm³/mol. The average Bonchev–Trinajstić information content (AvgIpc) is 3.36. The van der Waals surface area contributed by atoms with E-state index in [-0.39, 0.29) is 81.4 Å². The predicted octanol–water partition coefficient (Wildman–Crippen LogP) is 6.77. The Balaban J connectivity index is 1.72. The van der Waals surface area contributed by atoms with Gasteiger partial charge in [0.2, 0.25) is 5.79 Å². The number of carbonyl (C=O) groups excluding carboxylic acids is 4. The van der Waals surface area contributed by atoms with Gasteiger partial charge < -0.3 is 53.7 Å². The van der Waals surface area contributed by atoms with Gasteiger partial charge in [0.1, 0.15) is 31.0 Å². The van der Waals surface area contributed by atoms with Crippen molar-refractivity contribution in [2.45, 2.75) is 200 Å². The largest absolute Gasteiger partial charge is 0.460 e. The summed E-state index contributed by atoms with van der Waals surface area (Å²) >= 11 is 0. The van der Waals surface area contributed by atoms with Crippen LogP contribution in [0.2, 0.25) is 0 Å². The fraction of sp³-hybridized carbons (Fsp3) is 0.754. The number of cyclic esters (lactones) is 1. The van der Waals surface area contributed by atoms with Crippen LogP contribution in [0.4, 0.5) is 0 Å². The lowest BCUT2D eigenvalue weighted by Gasteiger charge is -2.43. The number of amides is 1. The number of carbonyl (C=O) groups is 4. The van der Waals surface area contributed by atoms with Crippen LogP contribution >= 0.6 is 0 Å². The Kier molecular flexibility index (Phi) is 25.5. The van der Waals surface area contributed by atoms with E-state index in [1.54, 1.807) is 34.0 Å². The van der Waals surface area contributed by atoms with E-state index in [9.17, 15) is 39.6 Å². The van der Waals surface area contributed by atoms with Gasteiger partial charge in [0.15, 0.2) is 5.78 Å². The molecule has 0 aromatic carbocycles. The van der Waals surface area contributed by atoms with E-state index in [2.05, 4.69) is 11.8 Å². The minimum absolute atomic E-state index is 0.0103. The van der Waals surface area contributed by atoms with Crippen molar-refractivity contribution in [2.24, 2.45) is 35.5 Å². The van der Waals surface area contributed by atoms with Crippen molar-refractivity contribution in [1.29, 1.82) is 0 Å². The average molecular weight is 1010 g/mol. The fourth-order valence-corrected chi connectivity index (χ4v) is 10.9. The van der Waals surface area contributed by atoms with Crippen LogP contribution in [0, 0.1) is 47.3 Å². The van der Waals surface area contributed by atoms with Crippen molar-refractivity contribution in [3.63, 3.8) is 0 Å². The third-order valence-corrected chi connectivity index (χ3v) is 15.4. The van der Waals surface area contributed by atoms with Crippen molar-refractivity contribution < 1.29 is 68.0 Å². The van der Waals surface area contributed by atoms with Crippen molar-refractivity contribution >= 4 is 23.4 Å². The van der Waals surface area contributed by atoms with Gasteiger partial charge in [-0.05, 0) is 107 Å². The summed E-state index contributed by atoms with van der Waals surface area (Å²) in [6.45, 7) is 15.2. The number of Topliss-reactive ketones (excluding diaryl/α,β-unsaturated/α-hetero) is 2. The molecule has 3 aliphatic heterocycles. The first-order valence-electron chi connectivity index (χ1n) is 26.7. The lowest BCUT2D eigenvalue weighted by atomic mass is 9.78. The van der Waals surface area contributed by atoms with Gasteiger partial charge in [-0.3, -0.25) is 14.4 Å². The molecule has 16 atom stereocenters. The second kappa shape index (κ2) is 30.1. The highest BCUT2D eigenvalue weighted by Gasteiger charge is 2.53. The Morgan fingerprint density at radius 1 is 0.861 bits per heavy atom. The molecule has 72 heavy (non-hydrogen) atoms. The number of ether oxygens (including phenoxy) is 6. The first kappa shape index (κ1) is 61.0. The third-order valence-electron chi connectivity index (χ3n) is 15.4. The number of allylic oxidation sites excluding steroid dienone is 5. The molecule has 406 valence electrons. The maximum Gasteiger partial charge on any atom is 0.329 e. The van der Waals surface area contributed by atoms with Crippen LogP contribution in [0.15, 0.2) is 47.6 Å². The number of aliphatic hydroxyl groups is 4. The second-order valence-corrected chi connectivity index (χ2v) is 21.1. The highest BCUT2D eigenvalue weighted by molar-refractivity contribution is 6.39. The Morgan fingerprint density at radius 2 is 1.61 bits per heavy atom. The first-order valence-corrected chi connectivity index (χ1v) is 26.7. The van der Waals surface area contributed by atoms with Gasteiger partial charge in [-0.15, -0.1) is 5.92 Å². The summed E-state index contributed by atoms with van der Waals surface area (Å²) in [4.78, 5) is 58.5. The van der Waals surface area contributed by atoms with Crippen molar-refractivity contribution in [2.75, 3.05) is 40.6 Å². The standard InChI is InChI=1S/C57H89NO14/c1-11-12-18-28-69-48-34-44-24-22-42(8)57(66,72-44)54(63)55(64)58-26-17-16-21-45(58)56(65)71-49(39(5)32-43-23-25-47(70-29-27-59)50(33-43)67-9)35-46(60)38(4)31-41(7)52(62)53(68-10)51(61)40(6)30-36(2)19-14-13-15-20-37(48)3/h13-15,19-20,31,36,38-40,42-50,52-53,59-60,62,66H,11,16-17,21-30,32-35H2,1-10H3/b15-13+,19-14-,37-20+,41-31+/t36-,38-,39-,40-,42-,43-,44+,45+,46+,47-,48+,49+,50-,52-,53+,57-/m1/s1. The van der Waals surface area contributed by atoms with Crippen LogP contribution in [0.5, 0.6) is 0 Å². The SMILES string of the molecule is CCC#CCO[C@H]1C[C@@H]2CC[C@@H](C)[C@@](O)(O2)C(=O)C(=O)N2CCCC[C@H]2C(=O)O[C@H]([C@H](C)C[C@H]2CC[C@@H](OCCO)[C@H](OC)C2)C[C@H](O)[C@H](C)/C=C(\C)[C@@H](O)[C@@H](OC)C(=O)[C@H](C)C[C@H](C)\C=C/C=C/C=C/1C. The minimum Gasteiger partial charge on any atom is -0.460 e. The van der Waals surface area contributed by atoms with E-state index >= 15 is 0 Å². The molecule has 15 nitrogen and oxygen atoms in total. The molecular formula is C57H89NO14. The molecule has 0 spiro atoms. The Bertz CT molecular complexity index is 1940. The Morgan fingerprint density at radius 3 is 2.31 bits per heavy atom. The quantitative estimate of drug-likeness (QED) is 0.0771. The maximum atomic E-state index is 14.6. The van der Waals surface area contributed by atoms with E-state index in [1.807, 2.05) is 65.0 Å². The summed E-state index contributed by atoms with van der Waals surface area (Å²) in [5.41, 5.74) is 1.30. The summed E-state index contributed by atoms with van der Waals surface area (Å²) in [6, 6.07) is -1.13. The molecule has 4 rings (SSSR count). The molecule has 0 aromatic heterocycles. The number of aliphatic hydroxyl groups excluding tert-OH is 3. The zero-order valence-corrected chi connectivity index (χ0v) is 45.0. The number of hydrogen-bond acceptors (Lipinski definition) is 14. The zero-order valence-electron chi connectivity index (χ0n) is 45.0. The number of methoxy groups -OCH3 is 2. The van der Waals surface area contributed by atoms with Crippen LogP contribution in [0.3, 0.4) is 0 Å². The molecule has 4 N–H and O–H groups in total. The maximum absolute atomic E-state index is 14.6. The fourth-order valence-electron chi connectivity index (χ4n) is 10.9. The number of esters is 1. The van der Waals surface area contributed by atoms with Crippen LogP contribution in [-0.4, -0.2) is 150 Å². The monoisotopic (exact) mass is 1010 g/mol. The first-order chi connectivity index (χ1) is 34.3. The number of hydrogen-bond donors (Lipinski definition) is 4. The van der Waals surface area contributed by atoms with E-state index in [4.69, 9.17) is 28.4 Å². The second-order valence-electron chi connectivity index (χ2n) is 21.1. The van der Waals surface area contributed by atoms with Crippen LogP contribution in [0.1, 0.15) is 139 Å². The van der Waals surface area contributed by atoms with Gasteiger partial charge >= 0.3 is 5.97 Å². The number of nitrogens with zero attached hydrogens (tertiary/aromatic N) is 1. The van der Waals surface area contributed by atoms with Gasteiger partial charge in [-0.25, -0.2) is 4.79 Å². The Labute approximate surface area is 430 Å². The number of piperidine rings is 1. The smallest absolute Gasteiger partial charge is 0.329 e. The molecule has 4 aliphatic rings. The molecule has 0 unspecified atom stereocenters. The molecule has 1 aliphatic carbocycles. The summed E-state index contributed by atoms with van der Waals surface area (Å²) in [5.74, 6) is -1.36. The molecule has 1 amide bonds. The molecule has 2 saturated heterocycles. The summed E-state index contributed by atoms with van der Waals surface area (Å²) in [7, 11) is 3.04. The van der Waals surface area contributed by atoms with Crippen LogP contribution in [0.25, 0.3) is 0 Å². The molecule has 2 bridgehead atoms. The molecule has 3 heterocycles. The molecule has 0 aromatic rings. The third kappa shape index (κ3) is 17.2. The van der Waals surface area contributed by atoms with Crippen molar-refractivity contribution in [3.8, 4) is 11.8 Å².